The number of esters is 2. The molecule has 0 aromatic heterocycles. The number of aliphatic carboxylic acids is 1. The standard InChI is InChI=1S/C68H98ClN7O21/c1-11-27-70-51(78)23-24-55(82)76(29-26-56(83)84)28-25-54(81)75-57(38(4)5)46(77)33-43(20-22-52(79)71-35-50-58(85)59(86)60(87)66(93-10)95-50)63(88)72-34-40-15-18-42(19-16-40)62-61(97-62)39(6)47-13-12-14-53(80)74-45(32-41-17-21-48(92-9)44(69)31-41)64(89)73-36-68(7,8)67(91)96-49(30-37(2)3)65(90)94-47/h12,14-19,21,31,37-39,43,45,47,49-50,57-62,66,85-87H,11,13,20,22-30,32-36H2,1-10H3,(H,70,78)(H,71,79)(H,72,88)(H,73,89)(H,74,80)(H,75,81)(H,83,84)/b14-12+/t39-,43+,45+,47-,49-,50+,57-,58+,59-,60+,61+,62+,66+/m0/s1. The fourth-order valence-electron chi connectivity index (χ4n) is 11.0. The molecule has 3 aliphatic rings. The third kappa shape index (κ3) is 25.3. The monoisotopic (exact) mass is 1380 g/mol. The highest BCUT2D eigenvalue weighted by Crippen LogP contribution is 2.45. The molecule has 7 amide bonds. The van der Waals surface area contributed by atoms with E-state index in [4.69, 9.17) is 40.0 Å². The lowest BCUT2D eigenvalue weighted by Gasteiger charge is -2.39. The van der Waals surface area contributed by atoms with Crippen LogP contribution in [0, 0.1) is 29.1 Å². The molecule has 5 rings (SSSR count). The lowest BCUT2D eigenvalue weighted by Crippen LogP contribution is -2.60. The highest BCUT2D eigenvalue weighted by atomic mass is 35.5. The number of halogens is 1. The molecule has 0 radical (unpaired) electrons. The number of carboxylic acids is 1. The first-order valence-electron chi connectivity index (χ1n) is 32.9. The predicted molar refractivity (Wildman–Crippen MR) is 350 cm³/mol. The number of methoxy groups -OCH3 is 2. The van der Waals surface area contributed by atoms with E-state index >= 15 is 0 Å². The van der Waals surface area contributed by atoms with Gasteiger partial charge in [0.25, 0.3) is 0 Å². The summed E-state index contributed by atoms with van der Waals surface area (Å²) in [5, 5.41) is 57.1. The van der Waals surface area contributed by atoms with Crippen LogP contribution in [0.25, 0.3) is 0 Å². The number of nitrogens with one attached hydrogen (secondary N) is 6. The van der Waals surface area contributed by atoms with Gasteiger partial charge in [-0.1, -0.05) is 89.6 Å². The van der Waals surface area contributed by atoms with Crippen LogP contribution in [0.4, 0.5) is 0 Å². The number of hydrogen-bond donors (Lipinski definition) is 10. The number of hydrogen-bond acceptors (Lipinski definition) is 20. The van der Waals surface area contributed by atoms with Crippen molar-refractivity contribution in [1.82, 2.24) is 36.8 Å². The van der Waals surface area contributed by atoms with Gasteiger partial charge in [-0.15, -0.1) is 0 Å². The second kappa shape index (κ2) is 38.5. The van der Waals surface area contributed by atoms with Crippen LogP contribution in [0.1, 0.15) is 142 Å². The molecule has 0 unspecified atom stereocenters. The summed E-state index contributed by atoms with van der Waals surface area (Å²) in [5.74, 6) is -9.15. The van der Waals surface area contributed by atoms with Crippen LogP contribution < -0.4 is 36.6 Å². The number of carbonyl (C=O) groups is 11. The van der Waals surface area contributed by atoms with Gasteiger partial charge in [0.15, 0.2) is 18.2 Å². The van der Waals surface area contributed by atoms with E-state index in [1.54, 1.807) is 70.2 Å². The lowest BCUT2D eigenvalue weighted by atomic mass is 9.89. The first-order chi connectivity index (χ1) is 45.9. The van der Waals surface area contributed by atoms with Crippen molar-refractivity contribution in [2.24, 2.45) is 29.1 Å². The van der Waals surface area contributed by atoms with Gasteiger partial charge in [0.05, 0.1) is 36.1 Å². The van der Waals surface area contributed by atoms with Crippen molar-refractivity contribution < 1.29 is 102 Å². The van der Waals surface area contributed by atoms with E-state index in [0.717, 1.165) is 5.56 Å². The van der Waals surface area contributed by atoms with E-state index < -0.39 is 162 Å². The SMILES string of the molecule is CCCNC(=O)CCC(=O)N(CCC(=O)O)CCC(=O)N[C@H](C(=O)C[C@@H](CCC(=O)NC[C@H]1O[C@@H](OC)[C@H](O)[C@@H](O)[C@@H]1O)C(=O)NCc1ccc([C@H]2O[C@@H]2[C@@H](C)[C@@H]2C/C=C/C(=O)N[C@H](Cc3ccc(OC)c(Cl)c3)C(=O)NCC(C)(C)C(=O)O[C@@H](CC(C)C)C(=O)O2)cc1)C(C)C. The Hall–Kier alpha value is -7.60. The molecule has 0 spiro atoms. The molecule has 13 atom stereocenters. The van der Waals surface area contributed by atoms with Crippen molar-refractivity contribution >= 4 is 76.6 Å². The first-order valence-corrected chi connectivity index (χ1v) is 33.3. The van der Waals surface area contributed by atoms with Gasteiger partial charge >= 0.3 is 17.9 Å². The summed E-state index contributed by atoms with van der Waals surface area (Å²) in [5.41, 5.74) is 0.642. The molecule has 2 aromatic rings. The van der Waals surface area contributed by atoms with Gasteiger partial charge in [-0.2, -0.15) is 0 Å². The van der Waals surface area contributed by atoms with Crippen LogP contribution in [-0.2, 0) is 89.4 Å². The zero-order valence-corrected chi connectivity index (χ0v) is 57.7. The maximum Gasteiger partial charge on any atom is 0.347 e. The Bertz CT molecular complexity index is 3070. The van der Waals surface area contributed by atoms with Crippen LogP contribution in [0.2, 0.25) is 5.02 Å². The number of amides is 7. The quantitative estimate of drug-likeness (QED) is 0.0363. The molecular weight excluding hydrogens is 1290 g/mol. The lowest BCUT2D eigenvalue weighted by molar-refractivity contribution is -0.288. The number of nitrogens with zero attached hydrogens (tertiary/aromatic N) is 1. The van der Waals surface area contributed by atoms with Crippen LogP contribution >= 0.6 is 11.6 Å². The minimum atomic E-state index is -1.65. The Morgan fingerprint density at radius 2 is 1.48 bits per heavy atom. The number of cyclic esters (lactones) is 2. The van der Waals surface area contributed by atoms with Crippen LogP contribution in [0.5, 0.6) is 5.75 Å². The van der Waals surface area contributed by atoms with Gasteiger partial charge < -0.3 is 85.6 Å². The van der Waals surface area contributed by atoms with E-state index in [2.05, 4.69) is 31.9 Å². The third-order valence-electron chi connectivity index (χ3n) is 17.0. The second-order valence-corrected chi connectivity index (χ2v) is 26.6. The maximum absolute atomic E-state index is 14.3. The largest absolute Gasteiger partial charge is 0.495 e. The van der Waals surface area contributed by atoms with Gasteiger partial charge in [-0.25, -0.2) is 4.79 Å². The molecule has 538 valence electrons. The van der Waals surface area contributed by atoms with Crippen molar-refractivity contribution in [2.45, 2.75) is 200 Å². The fourth-order valence-corrected chi connectivity index (χ4v) is 11.3. The highest BCUT2D eigenvalue weighted by molar-refractivity contribution is 6.32. The molecule has 2 saturated heterocycles. The Kier molecular flexibility index (Phi) is 31.8. The zero-order valence-electron chi connectivity index (χ0n) is 56.9. The summed E-state index contributed by atoms with van der Waals surface area (Å²) in [6, 6.07) is 9.80. The smallest absolute Gasteiger partial charge is 0.347 e. The number of ether oxygens (including phenoxy) is 6. The van der Waals surface area contributed by atoms with Crippen molar-refractivity contribution in [3.05, 3.63) is 76.3 Å². The number of carboxylic acid groups (broad SMARTS) is 1. The first kappa shape index (κ1) is 80.1. The van der Waals surface area contributed by atoms with E-state index in [-0.39, 0.29) is 95.9 Å². The Balaban J connectivity index is 1.30. The summed E-state index contributed by atoms with van der Waals surface area (Å²) in [6.07, 6.45) is -9.00. The summed E-state index contributed by atoms with van der Waals surface area (Å²) >= 11 is 6.40. The van der Waals surface area contributed by atoms with Crippen molar-refractivity contribution in [1.29, 1.82) is 0 Å². The van der Waals surface area contributed by atoms with Crippen molar-refractivity contribution in [2.75, 3.05) is 46.9 Å². The van der Waals surface area contributed by atoms with Crippen LogP contribution in [0.15, 0.2) is 54.6 Å². The average molecular weight is 1390 g/mol. The Morgan fingerprint density at radius 3 is 2.12 bits per heavy atom. The fraction of sp³-hybridized carbons (Fsp3) is 0.632. The van der Waals surface area contributed by atoms with E-state index in [1.165, 1.54) is 31.3 Å². The minimum Gasteiger partial charge on any atom is -0.495 e. The maximum atomic E-state index is 14.3. The number of aliphatic hydroxyl groups excluding tert-OH is 3. The Morgan fingerprint density at radius 1 is 0.804 bits per heavy atom. The normalized spacial score (nSPS) is 24.2. The molecule has 2 aromatic carbocycles. The zero-order chi connectivity index (χ0) is 71.8. The molecule has 3 heterocycles. The third-order valence-corrected chi connectivity index (χ3v) is 17.3. The van der Waals surface area contributed by atoms with E-state index in [9.17, 15) is 73.2 Å². The van der Waals surface area contributed by atoms with Gasteiger partial charge in [0.1, 0.15) is 48.4 Å². The van der Waals surface area contributed by atoms with E-state index in [0.29, 0.717) is 34.9 Å². The highest BCUT2D eigenvalue weighted by Gasteiger charge is 2.48. The summed E-state index contributed by atoms with van der Waals surface area (Å²) in [4.78, 5) is 149. The number of ketones is 1. The van der Waals surface area contributed by atoms with Crippen molar-refractivity contribution in [3.63, 3.8) is 0 Å². The average Bonchev–Trinajstić information content (AvgIpc) is 1.66. The molecule has 28 nitrogen and oxygen atoms in total. The second-order valence-electron chi connectivity index (χ2n) is 26.2. The number of aliphatic hydroxyl groups is 3. The topological polar surface area (TPSA) is 403 Å². The van der Waals surface area contributed by atoms with Gasteiger partial charge in [-0.3, -0.25) is 47.9 Å². The van der Waals surface area contributed by atoms with Gasteiger partial charge in [0.2, 0.25) is 41.4 Å². The molecule has 29 heteroatoms. The number of benzene rings is 2. The molecule has 97 heavy (non-hydrogen) atoms. The van der Waals surface area contributed by atoms with Gasteiger partial charge in [-0.05, 0) is 79.8 Å². The number of rotatable bonds is 33. The summed E-state index contributed by atoms with van der Waals surface area (Å²) in [6.45, 7) is 13.3. The molecule has 10 N–H and O–H groups in total. The van der Waals surface area contributed by atoms with Crippen molar-refractivity contribution in [3.8, 4) is 5.75 Å². The number of epoxide rings is 1. The molecular formula is C68H98ClN7O21. The van der Waals surface area contributed by atoms with Crippen LogP contribution in [0.3, 0.4) is 0 Å². The molecule has 0 saturated carbocycles. The summed E-state index contributed by atoms with van der Waals surface area (Å²) < 4.78 is 34.1. The number of Topliss-reactive ketones (excluding diaryl/α,β-unsaturated/α-hetero) is 1. The molecule has 0 bridgehead atoms. The van der Waals surface area contributed by atoms with Crippen LogP contribution in [-0.4, -0.2) is 198 Å². The predicted octanol–water partition coefficient (Wildman–Crippen LogP) is 2.81. The summed E-state index contributed by atoms with van der Waals surface area (Å²) in [7, 11) is 2.69. The minimum absolute atomic E-state index is 0.0169. The number of carbonyl (C=O) groups excluding carboxylic acids is 10. The van der Waals surface area contributed by atoms with Gasteiger partial charge in [0, 0.05) is 103 Å². The molecule has 3 aliphatic heterocycles. The van der Waals surface area contributed by atoms with E-state index in [1.807, 2.05) is 27.7 Å². The Labute approximate surface area is 570 Å². The molecule has 2 fully saturated rings. The molecule has 0 aliphatic carbocycles.